The van der Waals surface area contributed by atoms with Gasteiger partial charge in [-0.2, -0.15) is 13.2 Å². The molecule has 0 saturated carbocycles. The Bertz CT molecular complexity index is 1150. The van der Waals surface area contributed by atoms with Crippen molar-refractivity contribution in [2.24, 2.45) is 5.92 Å². The van der Waals surface area contributed by atoms with Gasteiger partial charge in [0, 0.05) is 31.7 Å². The molecule has 1 aliphatic rings. The fraction of sp³-hybridized carbons (Fsp3) is 0.522. The number of methoxy groups -OCH3 is 1. The maximum absolute atomic E-state index is 12.5. The van der Waals surface area contributed by atoms with E-state index < -0.39 is 34.6 Å². The van der Waals surface area contributed by atoms with Gasteiger partial charge in [-0.15, -0.1) is 0 Å². The number of anilines is 1. The fourth-order valence-electron chi connectivity index (χ4n) is 3.75. The number of carbonyl (C=O) groups excluding carboxylic acids is 1. The Hall–Kier alpha value is -2.97. The molecule has 1 amide bonds. The van der Waals surface area contributed by atoms with E-state index in [0.29, 0.717) is 62.0 Å². The first-order valence-corrected chi connectivity index (χ1v) is 13.3. The van der Waals surface area contributed by atoms with Gasteiger partial charge in [0.1, 0.15) is 24.7 Å². The number of nitrogens with zero attached hydrogens (tertiary/aromatic N) is 3. The van der Waals surface area contributed by atoms with Gasteiger partial charge in [0.05, 0.1) is 31.4 Å². The van der Waals surface area contributed by atoms with Crippen molar-refractivity contribution < 1.29 is 40.6 Å². The van der Waals surface area contributed by atoms with Gasteiger partial charge >= 0.3 is 6.18 Å². The summed E-state index contributed by atoms with van der Waals surface area (Å²) in [5, 5.41) is 0. The van der Waals surface area contributed by atoms with Gasteiger partial charge in [0.2, 0.25) is 15.9 Å². The van der Waals surface area contributed by atoms with Gasteiger partial charge in [-0.25, -0.2) is 13.4 Å². The third kappa shape index (κ3) is 9.13. The summed E-state index contributed by atoms with van der Waals surface area (Å²) < 4.78 is 77.6. The predicted molar refractivity (Wildman–Crippen MR) is 128 cm³/mol. The molecule has 0 radical (unpaired) electrons. The predicted octanol–water partition coefficient (Wildman–Crippen LogP) is 2.54. The highest BCUT2D eigenvalue weighted by atomic mass is 32.2. The van der Waals surface area contributed by atoms with Crippen LogP contribution in [-0.2, 0) is 30.9 Å². The first-order chi connectivity index (χ1) is 17.4. The number of amides is 1. The van der Waals surface area contributed by atoms with Crippen LogP contribution in [0.4, 0.5) is 19.0 Å². The standard InChI is InChI=1S/C23H29F3N4O6S/c1-34-11-12-36-19-5-3-16(4-6-19)20-21(28-18(13-27-20)14-35-15-23(24,25)26)30-9-7-17(8-10-30)22(31)29-37(2,32)33/h3-6,13,17H,7-12,14-15H2,1-2H3,(H,29,31). The number of hydrogen-bond donors (Lipinski definition) is 1. The first-order valence-electron chi connectivity index (χ1n) is 11.4. The van der Waals surface area contributed by atoms with Crippen LogP contribution in [0, 0.1) is 5.92 Å². The van der Waals surface area contributed by atoms with Crippen LogP contribution in [0.3, 0.4) is 0 Å². The maximum atomic E-state index is 12.5. The number of alkyl halides is 3. The lowest BCUT2D eigenvalue weighted by atomic mass is 9.96. The Morgan fingerprint density at radius 2 is 1.84 bits per heavy atom. The molecule has 1 saturated heterocycles. The second kappa shape index (κ2) is 12.5. The quantitative estimate of drug-likeness (QED) is 0.424. The molecule has 1 fully saturated rings. The lowest BCUT2D eigenvalue weighted by Crippen LogP contribution is -2.42. The third-order valence-corrected chi connectivity index (χ3v) is 6.03. The lowest BCUT2D eigenvalue weighted by Gasteiger charge is -2.33. The van der Waals surface area contributed by atoms with Crippen LogP contribution < -0.4 is 14.4 Å². The summed E-state index contributed by atoms with van der Waals surface area (Å²) >= 11 is 0. The molecule has 2 aromatic rings. The highest BCUT2D eigenvalue weighted by molar-refractivity contribution is 7.89. The van der Waals surface area contributed by atoms with Crippen molar-refractivity contribution in [1.29, 1.82) is 0 Å². The number of piperidine rings is 1. The number of aromatic nitrogens is 2. The number of ether oxygens (including phenoxy) is 3. The molecule has 204 valence electrons. The Labute approximate surface area is 213 Å². The summed E-state index contributed by atoms with van der Waals surface area (Å²) in [7, 11) is -2.09. The molecule has 1 aliphatic heterocycles. The number of nitrogens with one attached hydrogen (secondary N) is 1. The van der Waals surface area contributed by atoms with E-state index >= 15 is 0 Å². The summed E-state index contributed by atoms with van der Waals surface area (Å²) in [6, 6.07) is 7.11. The third-order valence-electron chi connectivity index (χ3n) is 5.45. The number of carbonyl (C=O) groups is 1. The molecule has 10 nitrogen and oxygen atoms in total. The van der Waals surface area contributed by atoms with E-state index in [4.69, 9.17) is 14.2 Å². The van der Waals surface area contributed by atoms with Crippen LogP contribution >= 0.6 is 0 Å². The van der Waals surface area contributed by atoms with E-state index in [1.807, 2.05) is 9.62 Å². The molecule has 0 unspecified atom stereocenters. The van der Waals surface area contributed by atoms with Crippen LogP contribution in [0.25, 0.3) is 11.3 Å². The summed E-state index contributed by atoms with van der Waals surface area (Å²) in [4.78, 5) is 23.1. The zero-order valence-corrected chi connectivity index (χ0v) is 21.3. The molecule has 37 heavy (non-hydrogen) atoms. The Kier molecular flexibility index (Phi) is 9.68. The van der Waals surface area contributed by atoms with Gasteiger partial charge in [0.15, 0.2) is 5.82 Å². The fourth-order valence-corrected chi connectivity index (χ4v) is 4.28. The van der Waals surface area contributed by atoms with Crippen molar-refractivity contribution in [3.63, 3.8) is 0 Å². The largest absolute Gasteiger partial charge is 0.491 e. The van der Waals surface area contributed by atoms with Crippen LogP contribution in [0.2, 0.25) is 0 Å². The summed E-state index contributed by atoms with van der Waals surface area (Å²) in [5.41, 5.74) is 1.43. The molecular weight excluding hydrogens is 517 g/mol. The van der Waals surface area contributed by atoms with Gasteiger partial charge < -0.3 is 19.1 Å². The molecule has 14 heteroatoms. The van der Waals surface area contributed by atoms with Crippen molar-refractivity contribution in [3.05, 3.63) is 36.2 Å². The minimum absolute atomic E-state index is 0.222. The Morgan fingerprint density at radius 1 is 1.16 bits per heavy atom. The molecule has 1 aromatic carbocycles. The maximum Gasteiger partial charge on any atom is 0.411 e. The van der Waals surface area contributed by atoms with Gasteiger partial charge in [-0.1, -0.05) is 0 Å². The van der Waals surface area contributed by atoms with E-state index in [9.17, 15) is 26.4 Å². The molecule has 0 aliphatic carbocycles. The van der Waals surface area contributed by atoms with Crippen molar-refractivity contribution in [3.8, 4) is 17.0 Å². The summed E-state index contributed by atoms with van der Waals surface area (Å²) in [6.45, 7) is -0.220. The van der Waals surface area contributed by atoms with Gasteiger partial charge in [-0.3, -0.25) is 14.5 Å². The normalized spacial score (nSPS) is 15.0. The van der Waals surface area contributed by atoms with Crippen molar-refractivity contribution in [1.82, 2.24) is 14.7 Å². The molecule has 1 N–H and O–H groups in total. The number of halogens is 3. The average Bonchev–Trinajstić information content (AvgIpc) is 2.83. The first kappa shape index (κ1) is 28.6. The highest BCUT2D eigenvalue weighted by Crippen LogP contribution is 2.32. The topological polar surface area (TPSA) is 120 Å². The van der Waals surface area contributed by atoms with Crippen LogP contribution in [0.15, 0.2) is 30.5 Å². The molecule has 3 rings (SSSR count). The second-order valence-electron chi connectivity index (χ2n) is 8.51. The minimum Gasteiger partial charge on any atom is -0.491 e. The minimum atomic E-state index is -4.46. The monoisotopic (exact) mass is 546 g/mol. The van der Waals surface area contributed by atoms with Crippen molar-refractivity contribution in [2.45, 2.75) is 25.6 Å². The van der Waals surface area contributed by atoms with Crippen LogP contribution in [0.5, 0.6) is 5.75 Å². The molecule has 1 aromatic heterocycles. The van der Waals surface area contributed by atoms with E-state index in [2.05, 4.69) is 9.97 Å². The van der Waals surface area contributed by atoms with Crippen molar-refractivity contribution >= 4 is 21.7 Å². The van der Waals surface area contributed by atoms with Crippen LogP contribution in [0.1, 0.15) is 18.5 Å². The number of rotatable bonds is 11. The Balaban J connectivity index is 1.80. The molecular formula is C23H29F3N4O6S. The number of benzene rings is 1. The van der Waals surface area contributed by atoms with Gasteiger partial charge in [-0.05, 0) is 37.1 Å². The molecule has 0 atom stereocenters. The summed E-state index contributed by atoms with van der Waals surface area (Å²) in [6.07, 6.45) is -1.45. The number of hydrogen-bond acceptors (Lipinski definition) is 9. The smallest absolute Gasteiger partial charge is 0.411 e. The average molecular weight is 547 g/mol. The number of sulfonamides is 1. The van der Waals surface area contributed by atoms with Crippen LogP contribution in [-0.4, -0.2) is 76.7 Å². The highest BCUT2D eigenvalue weighted by Gasteiger charge is 2.30. The SMILES string of the molecule is COCCOc1ccc(-c2ncc(COCC(F)(F)F)nc2N2CCC(C(=O)NS(C)(=O)=O)CC2)cc1. The van der Waals surface area contributed by atoms with E-state index in [0.717, 1.165) is 6.26 Å². The Morgan fingerprint density at radius 3 is 2.43 bits per heavy atom. The van der Waals surface area contributed by atoms with Gasteiger partial charge in [0.25, 0.3) is 0 Å². The molecule has 0 bridgehead atoms. The van der Waals surface area contributed by atoms with E-state index in [1.54, 1.807) is 31.4 Å². The second-order valence-corrected chi connectivity index (χ2v) is 10.3. The molecule has 2 heterocycles. The van der Waals surface area contributed by atoms with E-state index in [-0.39, 0.29) is 12.3 Å². The lowest BCUT2D eigenvalue weighted by molar-refractivity contribution is -0.176. The molecule has 0 spiro atoms. The van der Waals surface area contributed by atoms with E-state index in [1.165, 1.54) is 6.20 Å². The zero-order valence-electron chi connectivity index (χ0n) is 20.5. The zero-order chi connectivity index (χ0) is 27.1. The van der Waals surface area contributed by atoms with Crippen molar-refractivity contribution in [2.75, 3.05) is 51.2 Å². The summed E-state index contributed by atoms with van der Waals surface area (Å²) in [5.74, 6) is 0.00403.